The van der Waals surface area contributed by atoms with Crippen LogP contribution in [0.15, 0.2) is 30.7 Å². The third kappa shape index (κ3) is 3.30. The molecule has 0 aliphatic carbocycles. The van der Waals surface area contributed by atoms with Crippen molar-refractivity contribution in [2.24, 2.45) is 5.73 Å². The molecule has 0 saturated carbocycles. The van der Waals surface area contributed by atoms with Crippen LogP contribution < -0.4 is 15.2 Å². The Morgan fingerprint density at radius 3 is 2.90 bits per heavy atom. The van der Waals surface area contributed by atoms with E-state index in [0.29, 0.717) is 13.2 Å². The molecule has 2 rings (SSSR count). The van der Waals surface area contributed by atoms with E-state index in [1.165, 1.54) is 0 Å². The van der Waals surface area contributed by atoms with Gasteiger partial charge in [0.05, 0.1) is 25.3 Å². The van der Waals surface area contributed by atoms with Gasteiger partial charge in [-0.25, -0.2) is 4.98 Å². The van der Waals surface area contributed by atoms with Gasteiger partial charge in [0.1, 0.15) is 18.1 Å². The Labute approximate surface area is 119 Å². The quantitative estimate of drug-likeness (QED) is 0.842. The van der Waals surface area contributed by atoms with Crippen molar-refractivity contribution in [1.29, 1.82) is 0 Å². The zero-order valence-corrected chi connectivity index (χ0v) is 12.0. The first kappa shape index (κ1) is 14.4. The van der Waals surface area contributed by atoms with E-state index in [0.717, 1.165) is 35.7 Å². The molecule has 0 amide bonds. The van der Waals surface area contributed by atoms with Crippen molar-refractivity contribution in [2.75, 3.05) is 7.11 Å². The Kier molecular flexibility index (Phi) is 5.01. The Morgan fingerprint density at radius 2 is 2.20 bits per heavy atom. The molecule has 5 nitrogen and oxygen atoms in total. The molecular weight excluding hydrogens is 254 g/mol. The van der Waals surface area contributed by atoms with Gasteiger partial charge >= 0.3 is 0 Å². The van der Waals surface area contributed by atoms with E-state index in [1.54, 1.807) is 7.11 Å². The molecule has 2 aromatic rings. The predicted molar refractivity (Wildman–Crippen MR) is 77.7 cm³/mol. The number of aromatic nitrogens is 2. The molecule has 2 N–H and O–H groups in total. The summed E-state index contributed by atoms with van der Waals surface area (Å²) >= 11 is 0. The summed E-state index contributed by atoms with van der Waals surface area (Å²) in [6, 6.07) is 5.66. The van der Waals surface area contributed by atoms with Gasteiger partial charge in [-0.2, -0.15) is 0 Å². The summed E-state index contributed by atoms with van der Waals surface area (Å²) in [7, 11) is 1.64. The highest BCUT2D eigenvalue weighted by atomic mass is 16.5. The summed E-state index contributed by atoms with van der Waals surface area (Å²) in [6.45, 7) is 3.99. The molecule has 5 heteroatoms. The fraction of sp³-hybridized carbons (Fsp3) is 0.400. The minimum absolute atomic E-state index is 0.417. The largest absolute Gasteiger partial charge is 0.497 e. The Bertz CT molecular complexity index is 552. The van der Waals surface area contributed by atoms with Crippen LogP contribution in [0.1, 0.15) is 24.6 Å². The maximum Gasteiger partial charge on any atom is 0.130 e. The number of nitrogens with zero attached hydrogens (tertiary/aromatic N) is 2. The monoisotopic (exact) mass is 275 g/mol. The second-order valence-corrected chi connectivity index (χ2v) is 4.54. The van der Waals surface area contributed by atoms with Crippen LogP contribution in [0.4, 0.5) is 0 Å². The molecule has 108 valence electrons. The van der Waals surface area contributed by atoms with Gasteiger partial charge in [0, 0.05) is 18.7 Å². The molecule has 0 aliphatic rings. The molecule has 0 spiro atoms. The van der Waals surface area contributed by atoms with Crippen LogP contribution in [-0.2, 0) is 19.7 Å². The maximum absolute atomic E-state index is 5.86. The highest BCUT2D eigenvalue weighted by Crippen LogP contribution is 2.24. The highest BCUT2D eigenvalue weighted by molar-refractivity contribution is 5.40. The van der Waals surface area contributed by atoms with Gasteiger partial charge in [-0.15, -0.1) is 0 Å². The number of rotatable bonds is 7. The van der Waals surface area contributed by atoms with Gasteiger partial charge in [-0.05, 0) is 24.6 Å². The highest BCUT2D eigenvalue weighted by Gasteiger charge is 2.07. The van der Waals surface area contributed by atoms with Crippen molar-refractivity contribution in [3.8, 4) is 11.5 Å². The minimum atomic E-state index is 0.417. The molecular formula is C15H21N3O2. The number of nitrogens with two attached hydrogens (primary N) is 1. The van der Waals surface area contributed by atoms with Crippen LogP contribution in [0.3, 0.4) is 0 Å². The molecule has 0 fully saturated rings. The fourth-order valence-electron chi connectivity index (χ4n) is 2.05. The number of imidazole rings is 1. The molecule has 0 saturated heterocycles. The van der Waals surface area contributed by atoms with Crippen molar-refractivity contribution >= 4 is 0 Å². The van der Waals surface area contributed by atoms with Crippen molar-refractivity contribution < 1.29 is 9.47 Å². The topological polar surface area (TPSA) is 62.3 Å². The third-order valence-electron chi connectivity index (χ3n) is 3.13. The lowest BCUT2D eigenvalue weighted by Gasteiger charge is -2.13. The molecule has 0 unspecified atom stereocenters. The second-order valence-electron chi connectivity index (χ2n) is 4.54. The Morgan fingerprint density at radius 1 is 1.35 bits per heavy atom. The molecule has 0 radical (unpaired) electrons. The van der Waals surface area contributed by atoms with Gasteiger partial charge in [0.15, 0.2) is 0 Å². The number of ether oxygens (including phenoxy) is 2. The van der Waals surface area contributed by atoms with E-state index < -0.39 is 0 Å². The summed E-state index contributed by atoms with van der Waals surface area (Å²) in [6.07, 6.45) is 4.74. The molecule has 0 bridgehead atoms. The first-order chi connectivity index (χ1) is 9.78. The lowest BCUT2D eigenvalue weighted by molar-refractivity contribution is 0.291. The van der Waals surface area contributed by atoms with Gasteiger partial charge in [0.25, 0.3) is 0 Å². The summed E-state index contributed by atoms with van der Waals surface area (Å²) in [4.78, 5) is 4.16. The van der Waals surface area contributed by atoms with E-state index in [-0.39, 0.29) is 0 Å². The van der Waals surface area contributed by atoms with Crippen molar-refractivity contribution in [1.82, 2.24) is 9.55 Å². The zero-order valence-electron chi connectivity index (χ0n) is 12.0. The Balaban J connectivity index is 2.08. The zero-order chi connectivity index (χ0) is 14.4. The van der Waals surface area contributed by atoms with Gasteiger partial charge in [0.2, 0.25) is 0 Å². The smallest absolute Gasteiger partial charge is 0.130 e. The van der Waals surface area contributed by atoms with Crippen molar-refractivity contribution in [2.45, 2.75) is 33.0 Å². The first-order valence-electron chi connectivity index (χ1n) is 6.77. The van der Waals surface area contributed by atoms with E-state index in [1.807, 2.05) is 30.7 Å². The SMILES string of the molecule is CCCn1cncc1COc1ccc(OC)cc1CN. The molecule has 1 heterocycles. The number of benzene rings is 1. The summed E-state index contributed by atoms with van der Waals surface area (Å²) in [5, 5.41) is 0. The molecule has 20 heavy (non-hydrogen) atoms. The van der Waals surface area contributed by atoms with Crippen molar-refractivity contribution in [3.63, 3.8) is 0 Å². The maximum atomic E-state index is 5.86. The normalized spacial score (nSPS) is 10.6. The van der Waals surface area contributed by atoms with Crippen LogP contribution in [0.25, 0.3) is 0 Å². The predicted octanol–water partition coefficient (Wildman–Crippen LogP) is 2.34. The summed E-state index contributed by atoms with van der Waals surface area (Å²) < 4.78 is 13.2. The van der Waals surface area contributed by atoms with Gasteiger partial charge < -0.3 is 19.8 Å². The second kappa shape index (κ2) is 6.96. The van der Waals surface area contributed by atoms with Crippen LogP contribution in [0, 0.1) is 0 Å². The van der Waals surface area contributed by atoms with Crippen LogP contribution in [0.5, 0.6) is 11.5 Å². The van der Waals surface area contributed by atoms with E-state index in [9.17, 15) is 0 Å². The number of methoxy groups -OCH3 is 1. The van der Waals surface area contributed by atoms with Crippen LogP contribution >= 0.6 is 0 Å². The first-order valence-corrected chi connectivity index (χ1v) is 6.77. The van der Waals surface area contributed by atoms with E-state index in [2.05, 4.69) is 16.5 Å². The van der Waals surface area contributed by atoms with Gasteiger partial charge in [-0.1, -0.05) is 6.92 Å². The lowest BCUT2D eigenvalue weighted by Crippen LogP contribution is -2.07. The number of hydrogen-bond donors (Lipinski definition) is 1. The average molecular weight is 275 g/mol. The van der Waals surface area contributed by atoms with Crippen LogP contribution in [0.2, 0.25) is 0 Å². The van der Waals surface area contributed by atoms with E-state index >= 15 is 0 Å². The van der Waals surface area contributed by atoms with Crippen LogP contribution in [-0.4, -0.2) is 16.7 Å². The summed E-state index contributed by atoms with van der Waals surface area (Å²) in [5.41, 5.74) is 7.74. The lowest BCUT2D eigenvalue weighted by atomic mass is 10.2. The minimum Gasteiger partial charge on any atom is -0.497 e. The Hall–Kier alpha value is -2.01. The number of aryl methyl sites for hydroxylation is 1. The standard InChI is InChI=1S/C15H21N3O2/c1-3-6-18-11-17-9-13(18)10-20-15-5-4-14(19-2)7-12(15)8-16/h4-5,7,9,11H,3,6,8,10,16H2,1-2H3. The molecule has 1 aromatic carbocycles. The number of hydrogen-bond acceptors (Lipinski definition) is 4. The fourth-order valence-corrected chi connectivity index (χ4v) is 2.05. The van der Waals surface area contributed by atoms with Crippen molar-refractivity contribution in [3.05, 3.63) is 42.0 Å². The average Bonchev–Trinajstić information content (AvgIpc) is 2.92. The van der Waals surface area contributed by atoms with E-state index in [4.69, 9.17) is 15.2 Å². The molecule has 0 atom stereocenters. The molecule has 0 aliphatic heterocycles. The van der Waals surface area contributed by atoms with Gasteiger partial charge in [-0.3, -0.25) is 0 Å². The third-order valence-corrected chi connectivity index (χ3v) is 3.13. The summed E-state index contributed by atoms with van der Waals surface area (Å²) in [5.74, 6) is 1.58. The molecule has 1 aromatic heterocycles.